The molecule has 202 valence electrons. The van der Waals surface area contributed by atoms with Gasteiger partial charge < -0.3 is 0 Å². The van der Waals surface area contributed by atoms with Crippen molar-refractivity contribution in [3.8, 4) is 16.9 Å². The van der Waals surface area contributed by atoms with Gasteiger partial charge in [-0.05, 0) is 49.4 Å². The Kier molecular flexibility index (Phi) is 7.42. The molecular weight excluding hydrogens is 516 g/mol. The van der Waals surface area contributed by atoms with E-state index in [2.05, 4.69) is 34.6 Å². The van der Waals surface area contributed by atoms with Gasteiger partial charge in [-0.15, -0.1) is 11.3 Å². The number of thiazole rings is 1. The van der Waals surface area contributed by atoms with Gasteiger partial charge in [0.25, 0.3) is 5.56 Å². The van der Waals surface area contributed by atoms with Gasteiger partial charge in [0, 0.05) is 35.9 Å². The van der Waals surface area contributed by atoms with Crippen LogP contribution < -0.4 is 10.4 Å². The lowest BCUT2D eigenvalue weighted by molar-refractivity contribution is 0.443. The number of aromatic nitrogens is 4. The molecule has 1 aliphatic rings. The molecule has 3 aromatic heterocycles. The SMILES string of the molecule is Cc1c(N=c2scc(-c3ccc(C4CCCCC4)cc3)n2/N=C\c2cccnc2)c(=O)n(-c2ccccc2)n1C. The summed E-state index contributed by atoms with van der Waals surface area (Å²) in [5.41, 5.74) is 6.10. The molecule has 7 nitrogen and oxygen atoms in total. The van der Waals surface area contributed by atoms with Crippen LogP contribution in [0.25, 0.3) is 16.9 Å². The first-order valence-corrected chi connectivity index (χ1v) is 14.6. The maximum absolute atomic E-state index is 13.6. The molecule has 8 heteroatoms. The number of nitrogens with zero attached hydrogens (tertiary/aromatic N) is 6. The average molecular weight is 549 g/mol. The number of hydrogen-bond donors (Lipinski definition) is 0. The number of rotatable bonds is 6. The highest BCUT2D eigenvalue weighted by Crippen LogP contribution is 2.33. The summed E-state index contributed by atoms with van der Waals surface area (Å²) < 4.78 is 5.32. The summed E-state index contributed by atoms with van der Waals surface area (Å²) in [6.45, 7) is 1.92. The van der Waals surface area contributed by atoms with Crippen LogP contribution in [0.15, 0.2) is 99.4 Å². The van der Waals surface area contributed by atoms with Gasteiger partial charge in [-0.2, -0.15) is 5.10 Å². The van der Waals surface area contributed by atoms with Gasteiger partial charge in [0.2, 0.25) is 4.80 Å². The highest BCUT2D eigenvalue weighted by molar-refractivity contribution is 7.07. The molecule has 5 aromatic rings. The fourth-order valence-corrected chi connectivity index (χ4v) is 6.25. The summed E-state index contributed by atoms with van der Waals surface area (Å²) >= 11 is 1.47. The molecule has 0 saturated heterocycles. The maximum Gasteiger partial charge on any atom is 0.297 e. The molecule has 40 heavy (non-hydrogen) atoms. The number of para-hydroxylation sites is 1. The molecule has 0 bridgehead atoms. The minimum absolute atomic E-state index is 0.166. The average Bonchev–Trinajstić information content (AvgIpc) is 3.51. The Morgan fingerprint density at radius 1 is 0.975 bits per heavy atom. The third-order valence-corrected chi connectivity index (χ3v) is 8.52. The van der Waals surface area contributed by atoms with Crippen LogP contribution in [-0.4, -0.2) is 25.2 Å². The molecule has 1 saturated carbocycles. The zero-order chi connectivity index (χ0) is 27.5. The Morgan fingerprint density at radius 3 is 2.48 bits per heavy atom. The first-order valence-electron chi connectivity index (χ1n) is 13.7. The van der Waals surface area contributed by atoms with E-state index in [9.17, 15) is 4.79 Å². The van der Waals surface area contributed by atoms with E-state index in [1.807, 2.05) is 65.8 Å². The monoisotopic (exact) mass is 548 g/mol. The molecule has 0 spiro atoms. The van der Waals surface area contributed by atoms with Crippen LogP contribution >= 0.6 is 11.3 Å². The van der Waals surface area contributed by atoms with E-state index in [-0.39, 0.29) is 5.56 Å². The molecule has 1 aliphatic carbocycles. The number of benzene rings is 2. The van der Waals surface area contributed by atoms with E-state index in [1.165, 1.54) is 49.0 Å². The first kappa shape index (κ1) is 26.0. The Balaban J connectivity index is 1.45. The van der Waals surface area contributed by atoms with Crippen LogP contribution in [0.4, 0.5) is 5.69 Å². The van der Waals surface area contributed by atoms with E-state index in [0.29, 0.717) is 16.4 Å². The molecule has 6 rings (SSSR count). The summed E-state index contributed by atoms with van der Waals surface area (Å²) in [6.07, 6.45) is 11.8. The first-order chi connectivity index (χ1) is 19.6. The molecule has 2 aromatic carbocycles. The van der Waals surface area contributed by atoms with Crippen molar-refractivity contribution in [2.75, 3.05) is 0 Å². The second kappa shape index (κ2) is 11.4. The lowest BCUT2D eigenvalue weighted by Gasteiger charge is -2.22. The second-order valence-corrected chi connectivity index (χ2v) is 11.1. The largest absolute Gasteiger partial charge is 0.297 e. The number of pyridine rings is 1. The molecular formula is C32H32N6OS. The van der Waals surface area contributed by atoms with Crippen molar-refractivity contribution in [2.45, 2.75) is 44.9 Å². The van der Waals surface area contributed by atoms with Crippen LogP contribution in [0.5, 0.6) is 0 Å². The zero-order valence-electron chi connectivity index (χ0n) is 22.8. The van der Waals surface area contributed by atoms with Crippen LogP contribution in [0, 0.1) is 6.92 Å². The van der Waals surface area contributed by atoms with E-state index in [4.69, 9.17) is 10.1 Å². The summed E-state index contributed by atoms with van der Waals surface area (Å²) in [7, 11) is 1.88. The molecule has 0 aliphatic heterocycles. The molecule has 0 amide bonds. The standard InChI is InChI=1S/C32H32N6OS/c1-23-30(31(39)38(36(23)2)28-13-7-4-8-14-28)35-32-37(34-21-24-10-9-19-33-20-24)29(22-40-32)27-17-15-26(16-18-27)25-11-5-3-6-12-25/h4,7-10,13-22,25H,3,5-6,11-12H2,1-2H3/b34-21-,35-32?. The fourth-order valence-electron chi connectivity index (χ4n) is 5.40. The van der Waals surface area contributed by atoms with Crippen LogP contribution in [0.1, 0.15) is 54.8 Å². The Morgan fingerprint density at radius 2 is 1.75 bits per heavy atom. The predicted molar refractivity (Wildman–Crippen MR) is 162 cm³/mol. The van der Waals surface area contributed by atoms with Gasteiger partial charge in [-0.3, -0.25) is 14.5 Å². The second-order valence-electron chi connectivity index (χ2n) is 10.2. The summed E-state index contributed by atoms with van der Waals surface area (Å²) in [4.78, 5) is 23.3. The van der Waals surface area contributed by atoms with Crippen molar-refractivity contribution in [2.24, 2.45) is 17.1 Å². The quantitative estimate of drug-likeness (QED) is 0.225. The third-order valence-electron chi connectivity index (χ3n) is 7.71. The van der Waals surface area contributed by atoms with Crippen LogP contribution in [0.3, 0.4) is 0 Å². The van der Waals surface area contributed by atoms with Gasteiger partial charge in [0.05, 0.1) is 23.3 Å². The predicted octanol–water partition coefficient (Wildman–Crippen LogP) is 6.57. The normalized spacial score (nSPS) is 14.8. The topological polar surface area (TPSA) is 69.5 Å². The van der Waals surface area contributed by atoms with Crippen LogP contribution in [-0.2, 0) is 7.05 Å². The van der Waals surface area contributed by atoms with E-state index in [0.717, 1.165) is 28.2 Å². The number of hydrogen-bond acceptors (Lipinski definition) is 5. The van der Waals surface area contributed by atoms with Crippen molar-refractivity contribution in [3.05, 3.63) is 116 Å². The van der Waals surface area contributed by atoms with Gasteiger partial charge in [0.15, 0.2) is 5.69 Å². The lowest BCUT2D eigenvalue weighted by atomic mass is 9.84. The lowest BCUT2D eigenvalue weighted by Crippen LogP contribution is -2.19. The van der Waals surface area contributed by atoms with E-state index >= 15 is 0 Å². The molecule has 0 N–H and O–H groups in total. The van der Waals surface area contributed by atoms with Crippen molar-refractivity contribution in [1.82, 2.24) is 19.0 Å². The smallest absolute Gasteiger partial charge is 0.283 e. The minimum Gasteiger partial charge on any atom is -0.283 e. The third kappa shape index (κ3) is 5.14. The minimum atomic E-state index is -0.166. The zero-order valence-corrected chi connectivity index (χ0v) is 23.6. The molecule has 0 radical (unpaired) electrons. The molecule has 1 fully saturated rings. The van der Waals surface area contributed by atoms with Crippen LogP contribution in [0.2, 0.25) is 0 Å². The highest BCUT2D eigenvalue weighted by atomic mass is 32.1. The van der Waals surface area contributed by atoms with Gasteiger partial charge >= 0.3 is 0 Å². The van der Waals surface area contributed by atoms with E-state index < -0.39 is 0 Å². The molecule has 0 unspecified atom stereocenters. The van der Waals surface area contributed by atoms with Gasteiger partial charge in [0.1, 0.15) is 0 Å². The van der Waals surface area contributed by atoms with Crippen molar-refractivity contribution >= 4 is 23.2 Å². The highest BCUT2D eigenvalue weighted by Gasteiger charge is 2.18. The van der Waals surface area contributed by atoms with Crippen molar-refractivity contribution in [3.63, 3.8) is 0 Å². The van der Waals surface area contributed by atoms with Crippen molar-refractivity contribution < 1.29 is 0 Å². The molecule has 0 atom stereocenters. The van der Waals surface area contributed by atoms with E-state index in [1.54, 1.807) is 23.3 Å². The fraction of sp³-hybridized carbons (Fsp3) is 0.250. The Labute approximate surface area is 237 Å². The summed E-state index contributed by atoms with van der Waals surface area (Å²) in [5.74, 6) is 0.652. The maximum atomic E-state index is 13.6. The van der Waals surface area contributed by atoms with Crippen molar-refractivity contribution in [1.29, 1.82) is 0 Å². The van der Waals surface area contributed by atoms with Gasteiger partial charge in [-0.1, -0.05) is 67.8 Å². The Bertz CT molecular complexity index is 1750. The summed E-state index contributed by atoms with van der Waals surface area (Å²) in [5, 5.41) is 6.88. The summed E-state index contributed by atoms with van der Waals surface area (Å²) in [6, 6.07) is 22.3. The molecule has 3 heterocycles. The Hall–Kier alpha value is -4.30. The van der Waals surface area contributed by atoms with Gasteiger partial charge in [-0.25, -0.2) is 14.4 Å².